The van der Waals surface area contributed by atoms with Crippen LogP contribution in [0.25, 0.3) is 0 Å². The third-order valence-electron chi connectivity index (χ3n) is 2.74. The number of nitrogens with zero attached hydrogens (tertiary/aromatic N) is 3. The Balaban J connectivity index is 2.57. The van der Waals surface area contributed by atoms with Crippen LogP contribution < -0.4 is 10.1 Å². The van der Waals surface area contributed by atoms with Gasteiger partial charge in [-0.25, -0.2) is 4.98 Å². The van der Waals surface area contributed by atoms with Gasteiger partial charge in [0.1, 0.15) is 5.82 Å². The van der Waals surface area contributed by atoms with Crippen LogP contribution in [0.1, 0.15) is 32.0 Å². The molecule has 0 unspecified atom stereocenters. The highest BCUT2D eigenvalue weighted by Gasteiger charge is 2.24. The lowest BCUT2D eigenvalue weighted by Crippen LogP contribution is -2.11. The summed E-state index contributed by atoms with van der Waals surface area (Å²) in [4.78, 5) is 18.5. The summed E-state index contributed by atoms with van der Waals surface area (Å²) < 4.78 is 10.4. The van der Waals surface area contributed by atoms with Crippen LogP contribution in [0.2, 0.25) is 0 Å². The van der Waals surface area contributed by atoms with Crippen molar-refractivity contribution >= 4 is 11.5 Å². The van der Waals surface area contributed by atoms with E-state index in [1.54, 1.807) is 6.92 Å². The zero-order chi connectivity index (χ0) is 15.7. The van der Waals surface area contributed by atoms with E-state index in [1.165, 1.54) is 7.11 Å². The van der Waals surface area contributed by atoms with Gasteiger partial charge in [-0.1, -0.05) is 13.3 Å². The fourth-order valence-corrected chi connectivity index (χ4v) is 1.70. The van der Waals surface area contributed by atoms with Crippen molar-refractivity contribution in [3.63, 3.8) is 0 Å². The number of nitro groups is 1. The first kappa shape index (κ1) is 17.1. The Morgan fingerprint density at radius 2 is 2.00 bits per heavy atom. The second-order valence-corrected chi connectivity index (χ2v) is 4.48. The van der Waals surface area contributed by atoms with Gasteiger partial charge in [-0.2, -0.15) is 4.98 Å². The maximum atomic E-state index is 11.1. The molecular weight excluding hydrogens is 276 g/mol. The number of anilines is 1. The number of aromatic nitrogens is 2. The lowest BCUT2D eigenvalue weighted by atomic mass is 10.3. The molecule has 0 saturated heterocycles. The third-order valence-corrected chi connectivity index (χ3v) is 2.74. The molecule has 21 heavy (non-hydrogen) atoms. The summed E-state index contributed by atoms with van der Waals surface area (Å²) in [5.74, 6) is 0.561. The molecule has 1 N–H and O–H groups in total. The summed E-state index contributed by atoms with van der Waals surface area (Å²) in [5, 5.41) is 14.0. The molecule has 0 aromatic carbocycles. The fourth-order valence-electron chi connectivity index (χ4n) is 1.70. The number of rotatable bonds is 10. The summed E-state index contributed by atoms with van der Waals surface area (Å²) in [6.45, 7) is 5.66. The monoisotopic (exact) mass is 298 g/mol. The van der Waals surface area contributed by atoms with E-state index < -0.39 is 4.92 Å². The van der Waals surface area contributed by atoms with Gasteiger partial charge in [0.05, 0.1) is 12.0 Å². The quantitative estimate of drug-likeness (QED) is 0.402. The Labute approximate surface area is 124 Å². The molecule has 8 nitrogen and oxygen atoms in total. The molecule has 0 aliphatic carbocycles. The third kappa shape index (κ3) is 5.50. The predicted octanol–water partition coefficient (Wildman–Crippen LogP) is 2.32. The number of ether oxygens (including phenoxy) is 2. The lowest BCUT2D eigenvalue weighted by molar-refractivity contribution is -0.385. The van der Waals surface area contributed by atoms with Crippen molar-refractivity contribution < 1.29 is 14.4 Å². The molecule has 0 spiro atoms. The number of unbranched alkanes of at least 4 members (excludes halogenated alkanes) is 1. The summed E-state index contributed by atoms with van der Waals surface area (Å²) in [7, 11) is 1.35. The molecule has 1 aromatic rings. The Kier molecular flexibility index (Phi) is 7.38. The zero-order valence-corrected chi connectivity index (χ0v) is 12.7. The zero-order valence-electron chi connectivity index (χ0n) is 12.7. The van der Waals surface area contributed by atoms with E-state index >= 15 is 0 Å². The summed E-state index contributed by atoms with van der Waals surface area (Å²) in [6, 6.07) is 0. The van der Waals surface area contributed by atoms with Crippen LogP contribution in [-0.2, 0) is 4.74 Å². The molecule has 0 atom stereocenters. The Morgan fingerprint density at radius 1 is 1.29 bits per heavy atom. The van der Waals surface area contributed by atoms with Gasteiger partial charge in [0.25, 0.3) is 5.88 Å². The maximum Gasteiger partial charge on any atom is 0.372 e. The van der Waals surface area contributed by atoms with E-state index in [4.69, 9.17) is 9.47 Å². The lowest BCUT2D eigenvalue weighted by Gasteiger charge is -2.09. The molecule has 0 fully saturated rings. The van der Waals surface area contributed by atoms with E-state index in [0.29, 0.717) is 19.0 Å². The van der Waals surface area contributed by atoms with Gasteiger partial charge < -0.3 is 14.8 Å². The molecule has 0 radical (unpaired) electrons. The van der Waals surface area contributed by atoms with Gasteiger partial charge in [-0.15, -0.1) is 0 Å². The van der Waals surface area contributed by atoms with Crippen LogP contribution in [-0.4, -0.2) is 41.8 Å². The first-order valence-corrected chi connectivity index (χ1v) is 6.98. The van der Waals surface area contributed by atoms with Crippen LogP contribution in [0.3, 0.4) is 0 Å². The van der Waals surface area contributed by atoms with Crippen molar-refractivity contribution in [1.29, 1.82) is 0 Å². The molecule has 0 bridgehead atoms. The normalized spacial score (nSPS) is 10.4. The average Bonchev–Trinajstić information content (AvgIpc) is 2.45. The van der Waals surface area contributed by atoms with Crippen molar-refractivity contribution in [3.05, 3.63) is 15.9 Å². The topological polar surface area (TPSA) is 99.4 Å². The largest absolute Gasteiger partial charge is 0.476 e. The molecule has 8 heteroatoms. The molecule has 0 amide bonds. The van der Waals surface area contributed by atoms with Crippen LogP contribution in [0, 0.1) is 17.0 Å². The predicted molar refractivity (Wildman–Crippen MR) is 78.8 cm³/mol. The minimum absolute atomic E-state index is 0.0332. The van der Waals surface area contributed by atoms with Gasteiger partial charge in [-0.3, -0.25) is 10.1 Å². The van der Waals surface area contributed by atoms with Crippen LogP contribution in [0.5, 0.6) is 5.88 Å². The molecular formula is C13H22N4O4. The average molecular weight is 298 g/mol. The second kappa shape index (κ2) is 9.06. The second-order valence-electron chi connectivity index (χ2n) is 4.48. The Bertz CT molecular complexity index is 468. The summed E-state index contributed by atoms with van der Waals surface area (Å²) >= 11 is 0. The van der Waals surface area contributed by atoms with Crippen molar-refractivity contribution in [2.45, 2.75) is 33.1 Å². The van der Waals surface area contributed by atoms with Crippen LogP contribution in [0.15, 0.2) is 0 Å². The summed E-state index contributed by atoms with van der Waals surface area (Å²) in [5.41, 5.74) is -0.241. The molecule has 1 rings (SSSR count). The molecule has 1 heterocycles. The van der Waals surface area contributed by atoms with E-state index in [1.807, 2.05) is 0 Å². The first-order valence-electron chi connectivity index (χ1n) is 6.98. The van der Waals surface area contributed by atoms with E-state index in [-0.39, 0.29) is 17.4 Å². The first-order chi connectivity index (χ1) is 10.1. The minimum atomic E-state index is -0.543. The number of nitrogens with one attached hydrogen (secondary N) is 1. The van der Waals surface area contributed by atoms with E-state index in [0.717, 1.165) is 25.9 Å². The highest BCUT2D eigenvalue weighted by atomic mass is 16.6. The minimum Gasteiger partial charge on any atom is -0.476 e. The number of hydrogen-bond donors (Lipinski definition) is 1. The Morgan fingerprint density at radius 3 is 2.62 bits per heavy atom. The van der Waals surface area contributed by atoms with Gasteiger partial charge in [-0.05, 0) is 19.8 Å². The Hall–Kier alpha value is -1.96. The van der Waals surface area contributed by atoms with Gasteiger partial charge in [0.15, 0.2) is 0 Å². The van der Waals surface area contributed by atoms with Crippen LogP contribution >= 0.6 is 0 Å². The van der Waals surface area contributed by atoms with E-state index in [2.05, 4.69) is 22.2 Å². The summed E-state index contributed by atoms with van der Waals surface area (Å²) in [6.07, 6.45) is 2.89. The molecule has 0 saturated carbocycles. The maximum absolute atomic E-state index is 11.1. The highest BCUT2D eigenvalue weighted by molar-refractivity contribution is 5.61. The fraction of sp³-hybridized carbons (Fsp3) is 0.692. The SMILES string of the molecule is CCCCOCCCNc1nc(C)nc(OC)c1[N+](=O)[O-]. The number of aryl methyl sites for hydroxylation is 1. The van der Waals surface area contributed by atoms with Crippen molar-refractivity contribution in [3.8, 4) is 5.88 Å². The smallest absolute Gasteiger partial charge is 0.372 e. The van der Waals surface area contributed by atoms with Gasteiger partial charge in [0, 0.05) is 19.8 Å². The molecule has 0 aliphatic heterocycles. The standard InChI is InChI=1S/C13H22N4O4/c1-4-5-8-21-9-6-7-14-12-11(17(18)19)13(20-3)16-10(2)15-12/h4-9H2,1-3H3,(H,14,15,16). The highest BCUT2D eigenvalue weighted by Crippen LogP contribution is 2.31. The van der Waals surface area contributed by atoms with E-state index in [9.17, 15) is 10.1 Å². The molecule has 0 aliphatic rings. The van der Waals surface area contributed by atoms with Crippen molar-refractivity contribution in [2.75, 3.05) is 32.2 Å². The molecule has 1 aromatic heterocycles. The molecule has 118 valence electrons. The van der Waals surface area contributed by atoms with Crippen LogP contribution in [0.4, 0.5) is 11.5 Å². The van der Waals surface area contributed by atoms with Gasteiger partial charge >= 0.3 is 5.69 Å². The number of methoxy groups -OCH3 is 1. The van der Waals surface area contributed by atoms with Gasteiger partial charge in [0.2, 0.25) is 5.82 Å². The van der Waals surface area contributed by atoms with Crippen molar-refractivity contribution in [1.82, 2.24) is 9.97 Å². The number of hydrogen-bond acceptors (Lipinski definition) is 7. The van der Waals surface area contributed by atoms with Crippen molar-refractivity contribution in [2.24, 2.45) is 0 Å².